The molecule has 1 aliphatic rings. The van der Waals surface area contributed by atoms with Gasteiger partial charge >= 0.3 is 0 Å². The number of para-hydroxylation sites is 1. The van der Waals surface area contributed by atoms with Gasteiger partial charge in [-0.25, -0.2) is 9.97 Å². The van der Waals surface area contributed by atoms with Gasteiger partial charge in [0, 0.05) is 18.3 Å². The average Bonchev–Trinajstić information content (AvgIpc) is 2.54. The summed E-state index contributed by atoms with van der Waals surface area (Å²) < 4.78 is 6.78. The number of anilines is 1. The van der Waals surface area contributed by atoms with Crippen molar-refractivity contribution in [2.45, 2.75) is 25.7 Å². The highest BCUT2D eigenvalue weighted by atomic mass is 127. The molecule has 21 heavy (non-hydrogen) atoms. The lowest BCUT2D eigenvalue weighted by molar-refractivity contribution is 0.274. The van der Waals surface area contributed by atoms with Crippen molar-refractivity contribution < 1.29 is 4.74 Å². The van der Waals surface area contributed by atoms with Crippen LogP contribution in [0, 0.1) is 3.57 Å². The Labute approximate surface area is 138 Å². The maximum absolute atomic E-state index is 5.72. The summed E-state index contributed by atoms with van der Waals surface area (Å²) in [4.78, 5) is 9.30. The Hall–Kier alpha value is -1.37. The molecule has 3 rings (SSSR count). The maximum atomic E-state index is 5.72. The molecule has 1 unspecified atom stereocenters. The van der Waals surface area contributed by atoms with E-state index in [1.165, 1.54) is 5.56 Å². The SMILES string of the molecule is CCCNc1nc(C2CCOc3ccccc32)ncc1I. The number of nitrogens with one attached hydrogen (secondary N) is 1. The molecule has 1 atom stereocenters. The molecule has 0 aliphatic carbocycles. The van der Waals surface area contributed by atoms with Crippen molar-refractivity contribution in [2.24, 2.45) is 0 Å². The van der Waals surface area contributed by atoms with Crippen molar-refractivity contribution in [2.75, 3.05) is 18.5 Å². The molecule has 0 saturated carbocycles. The Morgan fingerprint density at radius 3 is 3.10 bits per heavy atom. The lowest BCUT2D eigenvalue weighted by Gasteiger charge is -2.25. The van der Waals surface area contributed by atoms with Gasteiger partial charge < -0.3 is 10.1 Å². The third kappa shape index (κ3) is 3.12. The van der Waals surface area contributed by atoms with Crippen LogP contribution in [0.15, 0.2) is 30.5 Å². The first-order valence-corrected chi connectivity index (χ1v) is 8.35. The fourth-order valence-corrected chi connectivity index (χ4v) is 2.98. The number of ether oxygens (including phenoxy) is 1. The highest BCUT2D eigenvalue weighted by molar-refractivity contribution is 14.1. The Bertz CT molecular complexity index is 633. The minimum atomic E-state index is 0.217. The Kier molecular flexibility index (Phi) is 4.57. The summed E-state index contributed by atoms with van der Waals surface area (Å²) in [5.41, 5.74) is 1.19. The van der Waals surface area contributed by atoms with Crippen LogP contribution in [0.3, 0.4) is 0 Å². The molecule has 110 valence electrons. The predicted molar refractivity (Wildman–Crippen MR) is 91.9 cm³/mol. The highest BCUT2D eigenvalue weighted by Gasteiger charge is 2.25. The standard InChI is InChI=1S/C16H18IN3O/c1-2-8-18-16-13(17)10-19-15(20-16)12-7-9-21-14-6-4-3-5-11(12)14/h3-6,10,12H,2,7-9H2,1H3,(H,18,19,20). The summed E-state index contributed by atoms with van der Waals surface area (Å²) in [7, 11) is 0. The highest BCUT2D eigenvalue weighted by Crippen LogP contribution is 2.36. The van der Waals surface area contributed by atoms with Crippen LogP contribution in [-0.4, -0.2) is 23.1 Å². The van der Waals surface area contributed by atoms with E-state index in [1.807, 2.05) is 24.4 Å². The van der Waals surface area contributed by atoms with Crippen LogP contribution in [0.5, 0.6) is 5.75 Å². The molecular weight excluding hydrogens is 377 g/mol. The lowest BCUT2D eigenvalue weighted by atomic mass is 9.92. The minimum absolute atomic E-state index is 0.217. The zero-order valence-electron chi connectivity index (χ0n) is 12.0. The van der Waals surface area contributed by atoms with E-state index < -0.39 is 0 Å². The van der Waals surface area contributed by atoms with Crippen molar-refractivity contribution in [3.8, 4) is 5.75 Å². The summed E-state index contributed by atoms with van der Waals surface area (Å²) in [6.45, 7) is 3.79. The second kappa shape index (κ2) is 6.60. The molecule has 1 N–H and O–H groups in total. The number of rotatable bonds is 4. The molecule has 5 heteroatoms. The van der Waals surface area contributed by atoms with E-state index in [-0.39, 0.29) is 5.92 Å². The fraction of sp³-hybridized carbons (Fsp3) is 0.375. The van der Waals surface area contributed by atoms with Crippen LogP contribution in [0.4, 0.5) is 5.82 Å². The number of fused-ring (bicyclic) bond motifs is 1. The molecule has 0 radical (unpaired) electrons. The first-order valence-electron chi connectivity index (χ1n) is 7.27. The van der Waals surface area contributed by atoms with Gasteiger partial charge in [0.1, 0.15) is 17.4 Å². The van der Waals surface area contributed by atoms with Crippen molar-refractivity contribution in [3.63, 3.8) is 0 Å². The van der Waals surface area contributed by atoms with Gasteiger partial charge in [-0.2, -0.15) is 0 Å². The summed E-state index contributed by atoms with van der Waals surface area (Å²) in [6.07, 6.45) is 3.90. The van der Waals surface area contributed by atoms with Gasteiger partial charge in [0.05, 0.1) is 16.1 Å². The Balaban J connectivity index is 1.94. The quantitative estimate of drug-likeness (QED) is 0.800. The molecule has 0 amide bonds. The largest absolute Gasteiger partial charge is 0.493 e. The lowest BCUT2D eigenvalue weighted by Crippen LogP contribution is -2.18. The summed E-state index contributed by atoms with van der Waals surface area (Å²) in [6, 6.07) is 8.18. The molecule has 2 aromatic rings. The van der Waals surface area contributed by atoms with Crippen LogP contribution in [0.1, 0.15) is 37.1 Å². The number of nitrogens with zero attached hydrogens (tertiary/aromatic N) is 2. The Morgan fingerprint density at radius 2 is 2.24 bits per heavy atom. The van der Waals surface area contributed by atoms with Crippen LogP contribution in [0.2, 0.25) is 0 Å². The maximum Gasteiger partial charge on any atom is 0.143 e. The smallest absolute Gasteiger partial charge is 0.143 e. The van der Waals surface area contributed by atoms with Crippen LogP contribution >= 0.6 is 22.6 Å². The normalized spacial score (nSPS) is 17.0. The predicted octanol–water partition coefficient (Wildman–Crippen LogP) is 3.82. The number of hydrogen-bond donors (Lipinski definition) is 1. The van der Waals surface area contributed by atoms with Gasteiger partial charge in [-0.3, -0.25) is 0 Å². The molecule has 0 fully saturated rings. The second-order valence-corrected chi connectivity index (χ2v) is 6.24. The molecule has 0 spiro atoms. The minimum Gasteiger partial charge on any atom is -0.493 e. The van der Waals surface area contributed by atoms with E-state index in [2.05, 4.69) is 45.9 Å². The van der Waals surface area contributed by atoms with Crippen LogP contribution < -0.4 is 10.1 Å². The number of hydrogen-bond acceptors (Lipinski definition) is 4. The topological polar surface area (TPSA) is 47.0 Å². The van der Waals surface area contributed by atoms with E-state index in [0.29, 0.717) is 0 Å². The van der Waals surface area contributed by atoms with Crippen molar-refractivity contribution in [3.05, 3.63) is 45.4 Å². The first-order chi connectivity index (χ1) is 10.3. The van der Waals surface area contributed by atoms with Crippen molar-refractivity contribution >= 4 is 28.4 Å². The fourth-order valence-electron chi connectivity index (χ4n) is 2.53. The Morgan fingerprint density at radius 1 is 1.38 bits per heavy atom. The average molecular weight is 395 g/mol. The monoisotopic (exact) mass is 395 g/mol. The van der Waals surface area contributed by atoms with Gasteiger partial charge in [0.2, 0.25) is 0 Å². The zero-order chi connectivity index (χ0) is 14.7. The number of aromatic nitrogens is 2. The molecule has 0 saturated heterocycles. The third-order valence-electron chi connectivity index (χ3n) is 3.58. The van der Waals surface area contributed by atoms with Gasteiger partial charge in [-0.1, -0.05) is 25.1 Å². The van der Waals surface area contributed by atoms with Gasteiger partial charge in [0.25, 0.3) is 0 Å². The first kappa shape index (κ1) is 14.6. The molecule has 1 aliphatic heterocycles. The molecule has 0 bridgehead atoms. The van der Waals surface area contributed by atoms with Gasteiger partial charge in [-0.05, 0) is 41.5 Å². The molecule has 1 aromatic heterocycles. The van der Waals surface area contributed by atoms with Gasteiger partial charge in [0.15, 0.2) is 0 Å². The molecular formula is C16H18IN3O. The molecule has 1 aromatic carbocycles. The van der Waals surface area contributed by atoms with Crippen molar-refractivity contribution in [1.82, 2.24) is 9.97 Å². The third-order valence-corrected chi connectivity index (χ3v) is 4.36. The molecule has 2 heterocycles. The van der Waals surface area contributed by atoms with E-state index in [4.69, 9.17) is 9.72 Å². The van der Waals surface area contributed by atoms with E-state index in [0.717, 1.165) is 47.0 Å². The van der Waals surface area contributed by atoms with E-state index in [1.54, 1.807) is 0 Å². The van der Waals surface area contributed by atoms with E-state index in [9.17, 15) is 0 Å². The summed E-state index contributed by atoms with van der Waals surface area (Å²) in [5, 5.41) is 3.38. The summed E-state index contributed by atoms with van der Waals surface area (Å²) in [5.74, 6) is 2.99. The van der Waals surface area contributed by atoms with Crippen LogP contribution in [-0.2, 0) is 0 Å². The molecule has 4 nitrogen and oxygen atoms in total. The summed E-state index contributed by atoms with van der Waals surface area (Å²) >= 11 is 2.28. The van der Waals surface area contributed by atoms with Crippen LogP contribution in [0.25, 0.3) is 0 Å². The number of benzene rings is 1. The number of halogens is 1. The van der Waals surface area contributed by atoms with Crippen molar-refractivity contribution in [1.29, 1.82) is 0 Å². The van der Waals surface area contributed by atoms with E-state index >= 15 is 0 Å². The zero-order valence-corrected chi connectivity index (χ0v) is 14.1. The van der Waals surface area contributed by atoms with Gasteiger partial charge in [-0.15, -0.1) is 0 Å². The second-order valence-electron chi connectivity index (χ2n) is 5.08.